The van der Waals surface area contributed by atoms with Crippen LogP contribution in [0, 0.1) is 11.3 Å². The highest BCUT2D eigenvalue weighted by Gasteiger charge is 2.11. The summed E-state index contributed by atoms with van der Waals surface area (Å²) < 4.78 is 0.974. The number of amides is 2. The Bertz CT molecular complexity index is 1130. The van der Waals surface area contributed by atoms with Gasteiger partial charge in [-0.05, 0) is 35.4 Å². The van der Waals surface area contributed by atoms with E-state index in [2.05, 4.69) is 15.6 Å². The van der Waals surface area contributed by atoms with E-state index >= 15 is 0 Å². The van der Waals surface area contributed by atoms with E-state index in [4.69, 9.17) is 5.26 Å². The number of hydrogen-bond donors (Lipinski definition) is 2. The zero-order chi connectivity index (χ0) is 21.5. The van der Waals surface area contributed by atoms with Crippen molar-refractivity contribution in [3.8, 4) is 17.2 Å². The van der Waals surface area contributed by atoms with Crippen molar-refractivity contribution < 1.29 is 14.4 Å². The Morgan fingerprint density at radius 1 is 1.10 bits per heavy atom. The van der Waals surface area contributed by atoms with Gasteiger partial charge in [-0.25, -0.2) is 4.98 Å². The van der Waals surface area contributed by atoms with Crippen LogP contribution in [0.1, 0.15) is 24.8 Å². The van der Waals surface area contributed by atoms with Gasteiger partial charge in [0.15, 0.2) is 5.78 Å². The van der Waals surface area contributed by atoms with Gasteiger partial charge in [-0.2, -0.15) is 5.26 Å². The number of nitrogens with zero attached hydrogens (tertiary/aromatic N) is 2. The maximum atomic E-state index is 12.1. The molecule has 1 heterocycles. The van der Waals surface area contributed by atoms with Crippen LogP contribution in [0.3, 0.4) is 0 Å². The quantitative estimate of drug-likeness (QED) is 0.580. The van der Waals surface area contributed by atoms with Gasteiger partial charge >= 0.3 is 0 Å². The van der Waals surface area contributed by atoms with Gasteiger partial charge in [0.2, 0.25) is 11.8 Å². The van der Waals surface area contributed by atoms with Gasteiger partial charge in [0.05, 0.1) is 29.3 Å². The van der Waals surface area contributed by atoms with Gasteiger partial charge in [0.1, 0.15) is 5.01 Å². The summed E-state index contributed by atoms with van der Waals surface area (Å²) in [6.07, 6.45) is 0.406. The molecule has 2 N–H and O–H groups in total. The highest BCUT2D eigenvalue weighted by Crippen LogP contribution is 2.28. The molecule has 2 amide bonds. The molecule has 0 atom stereocenters. The molecule has 2 aromatic carbocycles. The number of aromatic nitrogens is 1. The molecule has 0 spiro atoms. The normalized spacial score (nSPS) is 10.4. The number of nitrogens with one attached hydrogen (secondary N) is 2. The monoisotopic (exact) mass is 420 g/mol. The van der Waals surface area contributed by atoms with Crippen molar-refractivity contribution in [1.29, 1.82) is 5.26 Å². The zero-order valence-corrected chi connectivity index (χ0v) is 17.2. The van der Waals surface area contributed by atoms with Crippen LogP contribution in [-0.4, -0.2) is 29.1 Å². The molecule has 0 saturated carbocycles. The lowest BCUT2D eigenvalue weighted by atomic mass is 10.1. The summed E-state index contributed by atoms with van der Waals surface area (Å²) in [6.45, 7) is 1.40. The van der Waals surface area contributed by atoms with Gasteiger partial charge in [0.25, 0.3) is 0 Å². The molecule has 7 nitrogen and oxygen atoms in total. The molecule has 0 fully saturated rings. The molecular weight excluding hydrogens is 400 g/mol. The Balaban J connectivity index is 1.65. The average molecular weight is 420 g/mol. The fourth-order valence-electron chi connectivity index (χ4n) is 2.86. The van der Waals surface area contributed by atoms with Crippen LogP contribution < -0.4 is 10.6 Å². The van der Waals surface area contributed by atoms with Crippen LogP contribution in [0.25, 0.3) is 21.3 Å². The minimum Gasteiger partial charge on any atom is -0.349 e. The molecule has 0 aliphatic heterocycles. The van der Waals surface area contributed by atoms with Gasteiger partial charge in [-0.3, -0.25) is 14.4 Å². The summed E-state index contributed by atoms with van der Waals surface area (Å²) in [6, 6.07) is 15.4. The number of benzene rings is 2. The summed E-state index contributed by atoms with van der Waals surface area (Å²) >= 11 is 1.44. The Hall–Kier alpha value is -3.57. The molecule has 0 aliphatic carbocycles. The van der Waals surface area contributed by atoms with Crippen LogP contribution >= 0.6 is 11.3 Å². The highest BCUT2D eigenvalue weighted by molar-refractivity contribution is 7.18. The number of Topliss-reactive ketones (excluding diaryl/α,β-unsaturated/α-hetero) is 1. The minimum absolute atomic E-state index is 0.0654. The number of ketones is 1. The molecule has 30 heavy (non-hydrogen) atoms. The molecule has 3 aromatic rings. The lowest BCUT2D eigenvalue weighted by Crippen LogP contribution is -2.30. The van der Waals surface area contributed by atoms with Crippen LogP contribution in [0.15, 0.2) is 42.5 Å². The van der Waals surface area contributed by atoms with E-state index in [1.807, 2.05) is 48.5 Å². The third-order valence-electron chi connectivity index (χ3n) is 4.28. The maximum Gasteiger partial charge on any atom is 0.227 e. The van der Waals surface area contributed by atoms with E-state index in [1.165, 1.54) is 18.3 Å². The third-order valence-corrected chi connectivity index (χ3v) is 5.32. The second-order valence-electron chi connectivity index (χ2n) is 6.70. The number of rotatable bonds is 8. The number of nitriles is 1. The fourth-order valence-corrected chi connectivity index (χ4v) is 3.81. The predicted molar refractivity (Wildman–Crippen MR) is 116 cm³/mol. The highest BCUT2D eigenvalue weighted by atomic mass is 32.1. The Morgan fingerprint density at radius 3 is 2.53 bits per heavy atom. The van der Waals surface area contributed by atoms with E-state index < -0.39 is 0 Å². The van der Waals surface area contributed by atoms with Crippen molar-refractivity contribution >= 4 is 44.8 Å². The topological polar surface area (TPSA) is 112 Å². The van der Waals surface area contributed by atoms with E-state index in [0.29, 0.717) is 5.01 Å². The van der Waals surface area contributed by atoms with E-state index in [-0.39, 0.29) is 43.4 Å². The van der Waals surface area contributed by atoms with Crippen molar-refractivity contribution in [2.24, 2.45) is 0 Å². The van der Waals surface area contributed by atoms with Crippen LogP contribution in [0.4, 0.5) is 5.69 Å². The maximum absolute atomic E-state index is 12.1. The van der Waals surface area contributed by atoms with Crippen LogP contribution in [0.5, 0.6) is 0 Å². The average Bonchev–Trinajstić information content (AvgIpc) is 3.12. The fraction of sp³-hybridized carbons (Fsp3) is 0.227. The van der Waals surface area contributed by atoms with Crippen molar-refractivity contribution in [3.63, 3.8) is 0 Å². The number of carbonyl (C=O) groups is 3. The molecule has 0 radical (unpaired) electrons. The molecule has 0 aliphatic rings. The SMILES string of the molecule is CC(=O)Nc1ccc(-c2ccc3sc(CC(=O)NCC(=O)CCC#N)nc3c2)cc1. The number of fused-ring (bicyclic) bond motifs is 1. The molecule has 8 heteroatoms. The number of carbonyl (C=O) groups excluding carboxylic acids is 3. The van der Waals surface area contributed by atoms with Crippen LogP contribution in [-0.2, 0) is 20.8 Å². The summed E-state index contributed by atoms with van der Waals surface area (Å²) in [4.78, 5) is 39.3. The lowest BCUT2D eigenvalue weighted by Gasteiger charge is -2.05. The van der Waals surface area contributed by atoms with Crippen molar-refractivity contribution in [2.75, 3.05) is 11.9 Å². The number of anilines is 1. The lowest BCUT2D eigenvalue weighted by molar-refractivity contribution is -0.124. The Labute approximate surface area is 177 Å². The third kappa shape index (κ3) is 5.72. The van der Waals surface area contributed by atoms with Gasteiger partial charge < -0.3 is 10.6 Å². The summed E-state index contributed by atoms with van der Waals surface area (Å²) in [5, 5.41) is 14.5. The number of thiazole rings is 1. The van der Waals surface area contributed by atoms with Gasteiger partial charge in [-0.15, -0.1) is 11.3 Å². The predicted octanol–water partition coefficient (Wildman–Crippen LogP) is 3.45. The molecule has 0 saturated heterocycles. The molecule has 152 valence electrons. The van der Waals surface area contributed by atoms with Crippen molar-refractivity contribution in [1.82, 2.24) is 10.3 Å². The molecule has 0 unspecified atom stereocenters. The smallest absolute Gasteiger partial charge is 0.227 e. The van der Waals surface area contributed by atoms with Crippen molar-refractivity contribution in [2.45, 2.75) is 26.2 Å². The molecule has 3 rings (SSSR count). The van der Waals surface area contributed by atoms with Crippen molar-refractivity contribution in [3.05, 3.63) is 47.5 Å². The first-order valence-corrected chi connectivity index (χ1v) is 10.2. The summed E-state index contributed by atoms with van der Waals surface area (Å²) in [5.41, 5.74) is 3.52. The molecular formula is C22H20N4O3S. The molecule has 0 bridgehead atoms. The summed E-state index contributed by atoms with van der Waals surface area (Å²) in [5.74, 6) is -0.550. The van der Waals surface area contributed by atoms with E-state index in [9.17, 15) is 14.4 Å². The first-order chi connectivity index (χ1) is 14.4. The second kappa shape index (κ2) is 9.76. The van der Waals surface area contributed by atoms with E-state index in [0.717, 1.165) is 27.0 Å². The largest absolute Gasteiger partial charge is 0.349 e. The first kappa shape index (κ1) is 21.1. The van der Waals surface area contributed by atoms with Crippen LogP contribution in [0.2, 0.25) is 0 Å². The zero-order valence-electron chi connectivity index (χ0n) is 16.4. The minimum atomic E-state index is -0.270. The summed E-state index contributed by atoms with van der Waals surface area (Å²) in [7, 11) is 0. The number of hydrogen-bond acceptors (Lipinski definition) is 6. The van der Waals surface area contributed by atoms with E-state index in [1.54, 1.807) is 0 Å². The standard InChI is InChI=1S/C22H20N4O3S/c1-14(27)25-17-7-4-15(5-8-17)16-6-9-20-19(11-16)26-22(30-20)12-21(29)24-13-18(28)3-2-10-23/h4-9,11H,2-3,12-13H2,1H3,(H,24,29)(H,25,27). The molecule has 1 aromatic heterocycles. The first-order valence-electron chi connectivity index (χ1n) is 9.37. The Kier molecular flexibility index (Phi) is 6.88. The Morgan fingerprint density at radius 2 is 1.83 bits per heavy atom. The van der Waals surface area contributed by atoms with Gasteiger partial charge in [0, 0.05) is 25.5 Å². The second-order valence-corrected chi connectivity index (χ2v) is 7.81. The van der Waals surface area contributed by atoms with Gasteiger partial charge in [-0.1, -0.05) is 18.2 Å².